The lowest BCUT2D eigenvalue weighted by molar-refractivity contribution is 0.0599. The Morgan fingerprint density at radius 3 is 2.47 bits per heavy atom. The second-order valence-electron chi connectivity index (χ2n) is 8.94. The van der Waals surface area contributed by atoms with Crippen LogP contribution in [0.25, 0.3) is 0 Å². The van der Waals surface area contributed by atoms with Crippen LogP contribution in [0.3, 0.4) is 0 Å². The lowest BCUT2D eigenvalue weighted by atomic mass is 9.90. The summed E-state index contributed by atoms with van der Waals surface area (Å²) in [5.41, 5.74) is 2.20. The Morgan fingerprint density at radius 1 is 0.971 bits per heavy atom. The second kappa shape index (κ2) is 11.1. The van der Waals surface area contributed by atoms with Crippen molar-refractivity contribution in [1.82, 2.24) is 14.8 Å². The maximum absolute atomic E-state index is 12.7. The molecule has 1 aromatic heterocycles. The molecule has 2 aliphatic rings. The fourth-order valence-corrected chi connectivity index (χ4v) is 4.61. The van der Waals surface area contributed by atoms with Crippen LogP contribution >= 0.6 is 0 Å². The highest BCUT2D eigenvalue weighted by Crippen LogP contribution is 2.24. The van der Waals surface area contributed by atoms with Gasteiger partial charge in [-0.3, -0.25) is 9.78 Å². The first-order valence-corrected chi connectivity index (χ1v) is 11.9. The molecule has 1 aromatic carbocycles. The summed E-state index contributed by atoms with van der Waals surface area (Å²) in [5.74, 6) is 0.348. The Kier molecular flexibility index (Phi) is 7.77. The SMILES string of the molecule is COC(=O)c1cncc(OC(=O)N2CCC(CCc3cccc(C(=O)N4CCCC4)c3)CC2)c1. The quantitative estimate of drug-likeness (QED) is 0.600. The van der Waals surface area contributed by atoms with Gasteiger partial charge in [0.25, 0.3) is 5.91 Å². The van der Waals surface area contributed by atoms with Crippen LogP contribution < -0.4 is 4.74 Å². The molecule has 2 fully saturated rings. The largest absolute Gasteiger partial charge is 0.465 e. The van der Waals surface area contributed by atoms with Crippen molar-refractivity contribution in [3.8, 4) is 5.75 Å². The van der Waals surface area contributed by atoms with E-state index in [0.717, 1.165) is 57.2 Å². The van der Waals surface area contributed by atoms with E-state index in [1.807, 2.05) is 23.1 Å². The van der Waals surface area contributed by atoms with Crippen LogP contribution in [0.5, 0.6) is 5.75 Å². The normalized spacial score (nSPS) is 16.4. The molecule has 8 nitrogen and oxygen atoms in total. The summed E-state index contributed by atoms with van der Waals surface area (Å²) in [6.45, 7) is 2.97. The van der Waals surface area contributed by atoms with E-state index in [1.165, 1.54) is 31.1 Å². The molecule has 0 saturated carbocycles. The molecular formula is C26H31N3O5. The molecule has 2 aromatic rings. The zero-order chi connectivity index (χ0) is 23.9. The van der Waals surface area contributed by atoms with Crippen molar-refractivity contribution in [3.05, 3.63) is 59.4 Å². The molecule has 2 saturated heterocycles. The molecule has 180 valence electrons. The van der Waals surface area contributed by atoms with Gasteiger partial charge < -0.3 is 19.3 Å². The Balaban J connectivity index is 1.24. The van der Waals surface area contributed by atoms with Gasteiger partial charge in [-0.25, -0.2) is 9.59 Å². The number of benzene rings is 1. The van der Waals surface area contributed by atoms with Crippen molar-refractivity contribution in [2.45, 2.75) is 38.5 Å². The molecule has 34 heavy (non-hydrogen) atoms. The fraction of sp³-hybridized carbons (Fsp3) is 0.462. The predicted molar refractivity (Wildman–Crippen MR) is 126 cm³/mol. The third-order valence-electron chi connectivity index (χ3n) is 6.62. The van der Waals surface area contributed by atoms with Crippen molar-refractivity contribution < 1.29 is 23.9 Å². The number of ether oxygens (including phenoxy) is 2. The molecule has 4 rings (SSSR count). The number of hydrogen-bond acceptors (Lipinski definition) is 6. The number of piperidine rings is 1. The maximum Gasteiger partial charge on any atom is 0.415 e. The molecule has 0 aliphatic carbocycles. The molecule has 0 N–H and O–H groups in total. The molecule has 0 atom stereocenters. The minimum atomic E-state index is -0.530. The number of likely N-dealkylation sites (tertiary alicyclic amines) is 2. The Bertz CT molecular complexity index is 1030. The average Bonchev–Trinajstić information content (AvgIpc) is 3.42. The lowest BCUT2D eigenvalue weighted by Crippen LogP contribution is -2.40. The van der Waals surface area contributed by atoms with Crippen LogP contribution in [0.4, 0.5) is 4.79 Å². The summed E-state index contributed by atoms with van der Waals surface area (Å²) in [4.78, 5) is 44.4. The highest BCUT2D eigenvalue weighted by atomic mass is 16.6. The van der Waals surface area contributed by atoms with Gasteiger partial charge in [0.1, 0.15) is 0 Å². The van der Waals surface area contributed by atoms with Gasteiger partial charge in [-0.2, -0.15) is 0 Å². The van der Waals surface area contributed by atoms with E-state index in [9.17, 15) is 14.4 Å². The van der Waals surface area contributed by atoms with E-state index in [4.69, 9.17) is 4.74 Å². The number of amides is 2. The van der Waals surface area contributed by atoms with Crippen molar-refractivity contribution in [1.29, 1.82) is 0 Å². The minimum absolute atomic E-state index is 0.137. The summed E-state index contributed by atoms with van der Waals surface area (Å²) in [6.07, 6.45) is 8.27. The maximum atomic E-state index is 12.7. The minimum Gasteiger partial charge on any atom is -0.465 e. The summed E-state index contributed by atoms with van der Waals surface area (Å²) in [5, 5.41) is 0. The lowest BCUT2D eigenvalue weighted by Gasteiger charge is -2.31. The molecular weight excluding hydrogens is 434 g/mol. The van der Waals surface area contributed by atoms with Gasteiger partial charge >= 0.3 is 12.1 Å². The van der Waals surface area contributed by atoms with Gasteiger partial charge in [0.2, 0.25) is 0 Å². The number of rotatable bonds is 6. The van der Waals surface area contributed by atoms with Gasteiger partial charge in [-0.05, 0) is 68.2 Å². The third kappa shape index (κ3) is 5.92. The molecule has 8 heteroatoms. The van der Waals surface area contributed by atoms with Gasteiger partial charge in [0.05, 0.1) is 18.9 Å². The first-order valence-electron chi connectivity index (χ1n) is 11.9. The van der Waals surface area contributed by atoms with Gasteiger partial charge in [-0.15, -0.1) is 0 Å². The van der Waals surface area contributed by atoms with E-state index in [-0.39, 0.29) is 17.2 Å². The van der Waals surface area contributed by atoms with E-state index in [1.54, 1.807) is 4.90 Å². The number of aromatic nitrogens is 1. The summed E-state index contributed by atoms with van der Waals surface area (Å²) in [7, 11) is 1.29. The Hall–Kier alpha value is -3.42. The number of nitrogens with zero attached hydrogens (tertiary/aromatic N) is 3. The van der Waals surface area contributed by atoms with Crippen LogP contribution in [-0.2, 0) is 11.2 Å². The summed E-state index contributed by atoms with van der Waals surface area (Å²) >= 11 is 0. The topological polar surface area (TPSA) is 89.0 Å². The third-order valence-corrected chi connectivity index (χ3v) is 6.62. The number of carbonyl (C=O) groups is 3. The van der Waals surface area contributed by atoms with E-state index in [2.05, 4.69) is 15.8 Å². The summed E-state index contributed by atoms with van der Waals surface area (Å²) in [6, 6.07) is 9.45. The van der Waals surface area contributed by atoms with E-state index < -0.39 is 12.1 Å². The smallest absolute Gasteiger partial charge is 0.415 e. The number of hydrogen-bond donors (Lipinski definition) is 0. The van der Waals surface area contributed by atoms with Crippen LogP contribution in [0.2, 0.25) is 0 Å². The number of carbonyl (C=O) groups excluding carboxylic acids is 3. The van der Waals surface area contributed by atoms with Crippen LogP contribution in [-0.4, -0.2) is 66.0 Å². The van der Waals surface area contributed by atoms with E-state index >= 15 is 0 Å². The molecule has 0 unspecified atom stereocenters. The monoisotopic (exact) mass is 465 g/mol. The number of methoxy groups -OCH3 is 1. The average molecular weight is 466 g/mol. The first kappa shape index (κ1) is 23.7. The molecule has 2 amide bonds. The van der Waals surface area contributed by atoms with Gasteiger partial charge in [0, 0.05) is 37.9 Å². The molecule has 2 aliphatic heterocycles. The molecule has 0 bridgehead atoms. The predicted octanol–water partition coefficient (Wildman–Crippen LogP) is 3.95. The van der Waals surface area contributed by atoms with Gasteiger partial charge in [-0.1, -0.05) is 12.1 Å². The van der Waals surface area contributed by atoms with Gasteiger partial charge in [0.15, 0.2) is 5.75 Å². The van der Waals surface area contributed by atoms with Crippen molar-refractivity contribution >= 4 is 18.0 Å². The standard InChI is InChI=1S/C26H31N3O5/c1-33-25(31)22-16-23(18-27-17-22)34-26(32)29-13-9-19(10-14-29)7-8-20-5-4-6-21(15-20)24(30)28-11-2-3-12-28/h4-6,15-19H,2-3,7-14H2,1H3. The van der Waals surface area contributed by atoms with Crippen molar-refractivity contribution in [3.63, 3.8) is 0 Å². The first-order chi connectivity index (χ1) is 16.5. The summed E-state index contributed by atoms with van der Waals surface area (Å²) < 4.78 is 10.1. The molecule has 0 radical (unpaired) electrons. The number of esters is 1. The van der Waals surface area contributed by atoms with Crippen LogP contribution in [0.1, 0.15) is 58.4 Å². The fourth-order valence-electron chi connectivity index (χ4n) is 4.61. The van der Waals surface area contributed by atoms with Crippen LogP contribution in [0.15, 0.2) is 42.7 Å². The van der Waals surface area contributed by atoms with Crippen LogP contribution in [0, 0.1) is 5.92 Å². The Labute approximate surface area is 199 Å². The van der Waals surface area contributed by atoms with E-state index in [0.29, 0.717) is 19.0 Å². The van der Waals surface area contributed by atoms with Crippen molar-refractivity contribution in [2.75, 3.05) is 33.3 Å². The van der Waals surface area contributed by atoms with Crippen molar-refractivity contribution in [2.24, 2.45) is 5.92 Å². The molecule has 0 spiro atoms. The molecule has 3 heterocycles. The zero-order valence-electron chi connectivity index (χ0n) is 19.6. The zero-order valence-corrected chi connectivity index (χ0v) is 19.6. The highest BCUT2D eigenvalue weighted by Gasteiger charge is 2.25. The Morgan fingerprint density at radius 2 is 1.74 bits per heavy atom. The second-order valence-corrected chi connectivity index (χ2v) is 8.94. The number of aryl methyl sites for hydroxylation is 1. The number of pyridine rings is 1. The highest BCUT2D eigenvalue weighted by molar-refractivity contribution is 5.94.